The predicted molar refractivity (Wildman–Crippen MR) is 98.9 cm³/mol. The van der Waals surface area contributed by atoms with Crippen LogP contribution in [-0.4, -0.2) is 48.4 Å². The fourth-order valence-corrected chi connectivity index (χ4v) is 3.92. The van der Waals surface area contributed by atoms with E-state index in [1.165, 1.54) is 5.56 Å². The van der Waals surface area contributed by atoms with E-state index in [2.05, 4.69) is 59.3 Å². The molecule has 0 saturated carbocycles. The van der Waals surface area contributed by atoms with Crippen LogP contribution in [0.25, 0.3) is 0 Å². The van der Waals surface area contributed by atoms with E-state index >= 15 is 0 Å². The lowest BCUT2D eigenvalue weighted by Crippen LogP contribution is -2.47. The number of rotatable bonds is 6. The van der Waals surface area contributed by atoms with Gasteiger partial charge in [0.15, 0.2) is 0 Å². The minimum absolute atomic E-state index is 0.358. The van der Waals surface area contributed by atoms with Gasteiger partial charge in [-0.2, -0.15) is 0 Å². The van der Waals surface area contributed by atoms with Crippen LogP contribution >= 0.6 is 0 Å². The Hall–Kier alpha value is -1.61. The largest absolute Gasteiger partial charge is 0.339 e. The summed E-state index contributed by atoms with van der Waals surface area (Å²) in [6.45, 7) is 3.06. The molecule has 1 aliphatic carbocycles. The molecular formula is C21H30N2O. The van der Waals surface area contributed by atoms with Gasteiger partial charge >= 0.3 is 0 Å². The summed E-state index contributed by atoms with van der Waals surface area (Å²) in [6, 6.07) is 11.0. The lowest BCUT2D eigenvalue weighted by molar-refractivity contribution is -0.135. The number of benzene rings is 1. The zero-order valence-electron chi connectivity index (χ0n) is 14.9. The van der Waals surface area contributed by atoms with E-state index in [0.717, 1.165) is 51.7 Å². The summed E-state index contributed by atoms with van der Waals surface area (Å²) in [5.74, 6) is 0.819. The second kappa shape index (κ2) is 8.48. The first kappa shape index (κ1) is 17.2. The maximum Gasteiger partial charge on any atom is 0.223 e. The molecule has 1 amide bonds. The van der Waals surface area contributed by atoms with Gasteiger partial charge in [0.1, 0.15) is 0 Å². The molecule has 3 nitrogen and oxygen atoms in total. The standard InChI is InChI=1S/C21H30N2O/c1-22-14-12-20(13-15-22)23(16-11-18-7-3-2-4-8-18)21(24)17-19-9-5-6-10-19/h2-5,7-9,19-20H,6,10-17H2,1H3/t19-/m1/s1. The van der Waals surface area contributed by atoms with Crippen molar-refractivity contribution in [1.29, 1.82) is 0 Å². The van der Waals surface area contributed by atoms with Gasteiger partial charge < -0.3 is 9.80 Å². The zero-order valence-corrected chi connectivity index (χ0v) is 14.9. The molecule has 24 heavy (non-hydrogen) atoms. The molecule has 2 aliphatic rings. The summed E-state index contributed by atoms with van der Waals surface area (Å²) in [4.78, 5) is 17.6. The molecular weight excluding hydrogens is 296 g/mol. The maximum absolute atomic E-state index is 13.0. The number of nitrogens with zero attached hydrogens (tertiary/aromatic N) is 2. The van der Waals surface area contributed by atoms with E-state index in [0.29, 0.717) is 24.3 Å². The van der Waals surface area contributed by atoms with Gasteiger partial charge in [-0.25, -0.2) is 0 Å². The Balaban J connectivity index is 1.63. The fraction of sp³-hybridized carbons (Fsp3) is 0.571. The number of allylic oxidation sites excluding steroid dienone is 2. The van der Waals surface area contributed by atoms with E-state index in [1.807, 2.05) is 0 Å². The first-order valence-corrected chi connectivity index (χ1v) is 9.41. The highest BCUT2D eigenvalue weighted by Crippen LogP contribution is 2.24. The molecule has 1 fully saturated rings. The van der Waals surface area contributed by atoms with Gasteiger partial charge in [-0.1, -0.05) is 42.5 Å². The van der Waals surface area contributed by atoms with Crippen LogP contribution in [0.5, 0.6) is 0 Å². The van der Waals surface area contributed by atoms with Crippen LogP contribution in [0, 0.1) is 5.92 Å². The lowest BCUT2D eigenvalue weighted by Gasteiger charge is -2.38. The average Bonchev–Trinajstić information content (AvgIpc) is 3.10. The first-order chi connectivity index (χ1) is 11.7. The Labute approximate surface area is 146 Å². The highest BCUT2D eigenvalue weighted by molar-refractivity contribution is 5.77. The number of carbonyl (C=O) groups excluding carboxylic acids is 1. The third kappa shape index (κ3) is 4.70. The SMILES string of the molecule is CN1CCC(N(CCc2ccccc2)C(=O)C[C@@H]2C=CCC2)CC1. The van der Waals surface area contributed by atoms with Gasteiger partial charge in [0.05, 0.1) is 0 Å². The molecule has 1 aromatic carbocycles. The van der Waals surface area contributed by atoms with Crippen LogP contribution < -0.4 is 0 Å². The van der Waals surface area contributed by atoms with Gasteiger partial charge in [0, 0.05) is 19.0 Å². The number of piperidine rings is 1. The minimum Gasteiger partial charge on any atom is -0.339 e. The van der Waals surface area contributed by atoms with E-state index in [4.69, 9.17) is 0 Å². The number of likely N-dealkylation sites (tertiary alicyclic amines) is 1. The van der Waals surface area contributed by atoms with Gasteiger partial charge in [-0.15, -0.1) is 0 Å². The molecule has 1 heterocycles. The van der Waals surface area contributed by atoms with Crippen molar-refractivity contribution >= 4 is 5.91 Å². The molecule has 130 valence electrons. The topological polar surface area (TPSA) is 23.6 Å². The predicted octanol–water partition coefficient (Wildman–Crippen LogP) is 3.51. The second-order valence-electron chi connectivity index (χ2n) is 7.33. The molecule has 0 bridgehead atoms. The van der Waals surface area contributed by atoms with E-state index in [9.17, 15) is 4.79 Å². The monoisotopic (exact) mass is 326 g/mol. The molecule has 3 heteroatoms. The molecule has 0 N–H and O–H groups in total. The first-order valence-electron chi connectivity index (χ1n) is 9.41. The molecule has 1 aliphatic heterocycles. The summed E-state index contributed by atoms with van der Waals surface area (Å²) < 4.78 is 0. The van der Waals surface area contributed by atoms with Crippen LogP contribution in [-0.2, 0) is 11.2 Å². The summed E-state index contributed by atoms with van der Waals surface area (Å²) in [7, 11) is 2.18. The van der Waals surface area contributed by atoms with Crippen LogP contribution in [0.15, 0.2) is 42.5 Å². The highest BCUT2D eigenvalue weighted by Gasteiger charge is 2.28. The zero-order chi connectivity index (χ0) is 16.8. The maximum atomic E-state index is 13.0. The van der Waals surface area contributed by atoms with Gasteiger partial charge in [0.2, 0.25) is 5.91 Å². The summed E-state index contributed by atoms with van der Waals surface area (Å²) >= 11 is 0. The van der Waals surface area contributed by atoms with E-state index in [1.54, 1.807) is 0 Å². The fourth-order valence-electron chi connectivity index (χ4n) is 3.92. The Bertz CT molecular complexity index is 546. The summed E-state index contributed by atoms with van der Waals surface area (Å²) in [5.41, 5.74) is 1.32. The smallest absolute Gasteiger partial charge is 0.223 e. The van der Waals surface area contributed by atoms with Crippen LogP contribution in [0.4, 0.5) is 0 Å². The van der Waals surface area contributed by atoms with E-state index < -0.39 is 0 Å². The third-order valence-corrected chi connectivity index (χ3v) is 5.48. The average molecular weight is 326 g/mol. The number of hydrogen-bond acceptors (Lipinski definition) is 2. The Morgan fingerprint density at radius 1 is 1.17 bits per heavy atom. The van der Waals surface area contributed by atoms with Crippen molar-refractivity contribution in [3.63, 3.8) is 0 Å². The Morgan fingerprint density at radius 3 is 2.58 bits per heavy atom. The molecule has 1 atom stereocenters. The van der Waals surface area contributed by atoms with Gasteiger partial charge in [0.25, 0.3) is 0 Å². The van der Waals surface area contributed by atoms with Gasteiger partial charge in [-0.3, -0.25) is 4.79 Å². The lowest BCUT2D eigenvalue weighted by atomic mass is 9.99. The Morgan fingerprint density at radius 2 is 1.92 bits per heavy atom. The molecule has 0 spiro atoms. The Kier molecular flexibility index (Phi) is 6.08. The van der Waals surface area contributed by atoms with Crippen LogP contribution in [0.1, 0.15) is 37.7 Å². The minimum atomic E-state index is 0.358. The van der Waals surface area contributed by atoms with E-state index in [-0.39, 0.29) is 0 Å². The van der Waals surface area contributed by atoms with Crippen molar-refractivity contribution in [2.75, 3.05) is 26.7 Å². The highest BCUT2D eigenvalue weighted by atomic mass is 16.2. The molecule has 0 aromatic heterocycles. The molecule has 0 unspecified atom stereocenters. The normalized spacial score (nSPS) is 22.0. The summed E-state index contributed by atoms with van der Waals surface area (Å²) in [6.07, 6.45) is 10.6. The molecule has 0 radical (unpaired) electrons. The van der Waals surface area contributed by atoms with Crippen molar-refractivity contribution < 1.29 is 4.79 Å². The van der Waals surface area contributed by atoms with Crippen molar-refractivity contribution in [3.8, 4) is 0 Å². The van der Waals surface area contributed by atoms with Crippen LogP contribution in [0.3, 0.4) is 0 Å². The second-order valence-corrected chi connectivity index (χ2v) is 7.33. The van der Waals surface area contributed by atoms with Crippen molar-refractivity contribution in [1.82, 2.24) is 9.80 Å². The number of amides is 1. The van der Waals surface area contributed by atoms with Crippen LogP contribution in [0.2, 0.25) is 0 Å². The quantitative estimate of drug-likeness (QED) is 0.747. The summed E-state index contributed by atoms with van der Waals surface area (Å²) in [5, 5.41) is 0. The van der Waals surface area contributed by atoms with Gasteiger partial charge in [-0.05, 0) is 63.7 Å². The molecule has 1 aromatic rings. The number of carbonyl (C=O) groups is 1. The molecule has 1 saturated heterocycles. The van der Waals surface area contributed by atoms with Crippen molar-refractivity contribution in [2.45, 2.75) is 44.6 Å². The van der Waals surface area contributed by atoms with Crippen molar-refractivity contribution in [3.05, 3.63) is 48.0 Å². The number of hydrogen-bond donors (Lipinski definition) is 0. The third-order valence-electron chi connectivity index (χ3n) is 5.48. The van der Waals surface area contributed by atoms with Crippen molar-refractivity contribution in [2.24, 2.45) is 5.92 Å². The molecule has 3 rings (SSSR count).